The van der Waals surface area contributed by atoms with E-state index in [2.05, 4.69) is 5.18 Å². The number of hydrogen-bond donors (Lipinski definition) is 1. The number of hydrogen-bond acceptors (Lipinski definition) is 4. The lowest BCUT2D eigenvalue weighted by atomic mass is 10.1. The molecule has 1 aliphatic rings. The number of nitroso groups, excluding NO2 is 1. The third kappa shape index (κ3) is 1.75. The molecule has 0 aromatic rings. The largest absolute Gasteiger partial charge is 0.394 e. The number of ether oxygens (including phenoxy) is 1. The second kappa shape index (κ2) is 3.63. The third-order valence-electron chi connectivity index (χ3n) is 1.69. The first-order chi connectivity index (χ1) is 4.86. The standard InChI is InChI=1S/C6H11NO3/c8-4-6-3-5(7-9)1-2-10-6/h5-6,8H,1-4H2/t5-,6+/m1/s1. The van der Waals surface area contributed by atoms with Crippen LogP contribution in [0.5, 0.6) is 0 Å². The summed E-state index contributed by atoms with van der Waals surface area (Å²) >= 11 is 0. The van der Waals surface area contributed by atoms with Crippen LogP contribution in [0.25, 0.3) is 0 Å². The van der Waals surface area contributed by atoms with Crippen molar-refractivity contribution in [3.63, 3.8) is 0 Å². The van der Waals surface area contributed by atoms with Crippen LogP contribution in [-0.2, 0) is 4.74 Å². The highest BCUT2D eigenvalue weighted by Gasteiger charge is 2.21. The number of aliphatic hydroxyl groups is 1. The molecule has 2 atom stereocenters. The van der Waals surface area contributed by atoms with Crippen molar-refractivity contribution in [2.45, 2.75) is 25.0 Å². The first-order valence-corrected chi connectivity index (χ1v) is 3.41. The van der Waals surface area contributed by atoms with Crippen LogP contribution in [0.1, 0.15) is 12.8 Å². The van der Waals surface area contributed by atoms with Gasteiger partial charge in [0.1, 0.15) is 0 Å². The quantitative estimate of drug-likeness (QED) is 0.568. The van der Waals surface area contributed by atoms with Crippen molar-refractivity contribution in [3.8, 4) is 0 Å². The summed E-state index contributed by atoms with van der Waals surface area (Å²) in [6.45, 7) is 0.535. The SMILES string of the molecule is O=N[C@@H]1CCO[C@H](CO)C1. The summed E-state index contributed by atoms with van der Waals surface area (Å²) in [5.41, 5.74) is 0. The highest BCUT2D eigenvalue weighted by molar-refractivity contribution is 4.75. The number of rotatable bonds is 2. The molecule has 1 fully saturated rings. The molecular formula is C6H11NO3. The number of nitrogens with zero attached hydrogens (tertiary/aromatic N) is 1. The fraction of sp³-hybridized carbons (Fsp3) is 1.00. The smallest absolute Gasteiger partial charge is 0.0967 e. The number of aliphatic hydroxyl groups excluding tert-OH is 1. The van der Waals surface area contributed by atoms with Gasteiger partial charge in [-0.25, -0.2) is 0 Å². The van der Waals surface area contributed by atoms with E-state index in [0.29, 0.717) is 19.4 Å². The summed E-state index contributed by atoms with van der Waals surface area (Å²) in [6.07, 6.45) is 1.09. The molecule has 0 aromatic heterocycles. The van der Waals surface area contributed by atoms with Crippen molar-refractivity contribution in [1.82, 2.24) is 0 Å². The van der Waals surface area contributed by atoms with Gasteiger partial charge in [0.15, 0.2) is 0 Å². The molecule has 0 unspecified atom stereocenters. The first-order valence-electron chi connectivity index (χ1n) is 3.41. The minimum Gasteiger partial charge on any atom is -0.394 e. The average Bonchev–Trinajstić information content (AvgIpc) is 2.05. The fourth-order valence-corrected chi connectivity index (χ4v) is 1.08. The molecule has 1 aliphatic heterocycles. The molecule has 4 nitrogen and oxygen atoms in total. The predicted octanol–water partition coefficient (Wildman–Crippen LogP) is 0.293. The van der Waals surface area contributed by atoms with E-state index in [1.807, 2.05) is 0 Å². The zero-order valence-corrected chi connectivity index (χ0v) is 5.69. The molecule has 0 saturated carbocycles. The average molecular weight is 145 g/mol. The van der Waals surface area contributed by atoms with Crippen LogP contribution in [0.2, 0.25) is 0 Å². The third-order valence-corrected chi connectivity index (χ3v) is 1.69. The molecule has 1 heterocycles. The summed E-state index contributed by atoms with van der Waals surface area (Å²) in [6, 6.07) is -0.147. The van der Waals surface area contributed by atoms with Crippen molar-refractivity contribution in [2.75, 3.05) is 13.2 Å². The maximum atomic E-state index is 10.0. The topological polar surface area (TPSA) is 58.9 Å². The van der Waals surface area contributed by atoms with Crippen molar-refractivity contribution >= 4 is 0 Å². The van der Waals surface area contributed by atoms with Crippen molar-refractivity contribution in [2.24, 2.45) is 5.18 Å². The maximum absolute atomic E-state index is 10.0. The Balaban J connectivity index is 2.31. The van der Waals surface area contributed by atoms with Gasteiger partial charge >= 0.3 is 0 Å². The Morgan fingerprint density at radius 1 is 1.70 bits per heavy atom. The molecule has 4 heteroatoms. The van der Waals surface area contributed by atoms with Crippen LogP contribution in [-0.4, -0.2) is 30.5 Å². The van der Waals surface area contributed by atoms with Gasteiger partial charge in [-0.05, 0) is 6.42 Å². The van der Waals surface area contributed by atoms with Gasteiger partial charge in [0.25, 0.3) is 0 Å². The second-order valence-corrected chi connectivity index (χ2v) is 2.46. The lowest BCUT2D eigenvalue weighted by Gasteiger charge is -2.23. The minimum atomic E-state index is -0.170. The summed E-state index contributed by atoms with van der Waals surface area (Å²) in [5, 5.41) is 11.5. The molecule has 0 aliphatic carbocycles. The maximum Gasteiger partial charge on any atom is 0.0967 e. The summed E-state index contributed by atoms with van der Waals surface area (Å²) in [5.74, 6) is 0. The monoisotopic (exact) mass is 145 g/mol. The Labute approximate surface area is 59.2 Å². The first kappa shape index (κ1) is 7.63. The summed E-state index contributed by atoms with van der Waals surface area (Å²) < 4.78 is 5.11. The van der Waals surface area contributed by atoms with E-state index >= 15 is 0 Å². The van der Waals surface area contributed by atoms with Gasteiger partial charge in [-0.15, -0.1) is 0 Å². The molecule has 58 valence electrons. The van der Waals surface area contributed by atoms with Crippen LogP contribution in [0.15, 0.2) is 5.18 Å². The van der Waals surface area contributed by atoms with Crippen LogP contribution in [0, 0.1) is 4.91 Å². The van der Waals surface area contributed by atoms with Gasteiger partial charge in [0, 0.05) is 13.0 Å². The van der Waals surface area contributed by atoms with Crippen molar-refractivity contribution in [3.05, 3.63) is 4.91 Å². The summed E-state index contributed by atoms with van der Waals surface area (Å²) in [4.78, 5) is 10.0. The fourth-order valence-electron chi connectivity index (χ4n) is 1.08. The molecule has 0 radical (unpaired) electrons. The lowest BCUT2D eigenvalue weighted by molar-refractivity contribution is -0.0236. The lowest BCUT2D eigenvalue weighted by Crippen LogP contribution is -2.30. The highest BCUT2D eigenvalue weighted by atomic mass is 16.5. The van der Waals surface area contributed by atoms with Gasteiger partial charge in [0.05, 0.1) is 18.8 Å². The summed E-state index contributed by atoms with van der Waals surface area (Å²) in [7, 11) is 0. The molecule has 0 aromatic carbocycles. The van der Waals surface area contributed by atoms with E-state index in [1.165, 1.54) is 0 Å². The normalized spacial score (nSPS) is 33.7. The molecule has 1 rings (SSSR count). The Bertz CT molecular complexity index is 118. The van der Waals surface area contributed by atoms with Crippen LogP contribution >= 0.6 is 0 Å². The van der Waals surface area contributed by atoms with Crippen LogP contribution in [0.3, 0.4) is 0 Å². The molecule has 1 saturated heterocycles. The zero-order chi connectivity index (χ0) is 7.40. The van der Waals surface area contributed by atoms with E-state index in [0.717, 1.165) is 0 Å². The van der Waals surface area contributed by atoms with E-state index in [-0.39, 0.29) is 18.8 Å². The predicted molar refractivity (Wildman–Crippen MR) is 35.6 cm³/mol. The van der Waals surface area contributed by atoms with Crippen LogP contribution < -0.4 is 0 Å². The van der Waals surface area contributed by atoms with Crippen molar-refractivity contribution < 1.29 is 9.84 Å². The molecule has 0 amide bonds. The second-order valence-electron chi connectivity index (χ2n) is 2.46. The van der Waals surface area contributed by atoms with Gasteiger partial charge in [-0.2, -0.15) is 4.91 Å². The van der Waals surface area contributed by atoms with Gasteiger partial charge in [0.2, 0.25) is 0 Å². The Kier molecular flexibility index (Phi) is 2.77. The van der Waals surface area contributed by atoms with Gasteiger partial charge < -0.3 is 9.84 Å². The molecular weight excluding hydrogens is 134 g/mol. The van der Waals surface area contributed by atoms with E-state index in [4.69, 9.17) is 9.84 Å². The van der Waals surface area contributed by atoms with Gasteiger partial charge in [-0.1, -0.05) is 5.18 Å². The Morgan fingerprint density at radius 2 is 2.50 bits per heavy atom. The van der Waals surface area contributed by atoms with E-state index < -0.39 is 0 Å². The Hall–Kier alpha value is -0.480. The zero-order valence-electron chi connectivity index (χ0n) is 5.69. The molecule has 10 heavy (non-hydrogen) atoms. The highest BCUT2D eigenvalue weighted by Crippen LogP contribution is 2.15. The molecule has 0 spiro atoms. The molecule has 1 N–H and O–H groups in total. The van der Waals surface area contributed by atoms with Crippen LogP contribution in [0.4, 0.5) is 0 Å². The van der Waals surface area contributed by atoms with Crippen molar-refractivity contribution in [1.29, 1.82) is 0 Å². The van der Waals surface area contributed by atoms with E-state index in [1.54, 1.807) is 0 Å². The Morgan fingerprint density at radius 3 is 3.10 bits per heavy atom. The molecule has 0 bridgehead atoms. The van der Waals surface area contributed by atoms with Gasteiger partial charge in [-0.3, -0.25) is 0 Å². The van der Waals surface area contributed by atoms with E-state index in [9.17, 15) is 4.91 Å². The minimum absolute atomic E-state index is 0.00792.